The number of aliphatic hydroxyl groups is 1. The van der Waals surface area contributed by atoms with Crippen LogP contribution >= 0.6 is 0 Å². The van der Waals surface area contributed by atoms with E-state index in [2.05, 4.69) is 22.3 Å². The topological polar surface area (TPSA) is 98.0 Å². The van der Waals surface area contributed by atoms with Crippen LogP contribution in [0.2, 0.25) is 0 Å². The zero-order chi connectivity index (χ0) is 17.6. The van der Waals surface area contributed by atoms with Crippen LogP contribution in [0.25, 0.3) is 5.52 Å². The molecule has 25 heavy (non-hydrogen) atoms. The van der Waals surface area contributed by atoms with Crippen molar-refractivity contribution in [1.82, 2.24) is 14.6 Å². The van der Waals surface area contributed by atoms with Crippen molar-refractivity contribution in [2.75, 3.05) is 18.5 Å². The zero-order valence-corrected chi connectivity index (χ0v) is 14.4. The molecule has 0 spiro atoms. The lowest BCUT2D eigenvalue weighted by Gasteiger charge is -2.12. The van der Waals surface area contributed by atoms with Crippen LogP contribution in [-0.4, -0.2) is 45.1 Å². The molecule has 0 aromatic carbocycles. The fraction of sp³-hybridized carbons (Fsp3) is 0.588. The molecular formula is C17H24N4O4. The Hall–Kier alpha value is -2.19. The molecular weight excluding hydrogens is 324 g/mol. The Kier molecular flexibility index (Phi) is 5.83. The molecule has 3 rings (SSSR count). The predicted octanol–water partition coefficient (Wildman–Crippen LogP) is 2.68. The first-order valence-corrected chi connectivity index (χ1v) is 8.75. The van der Waals surface area contributed by atoms with Crippen molar-refractivity contribution < 1.29 is 19.4 Å². The number of carbonyl (C=O) groups excluding carboxylic acids is 1. The lowest BCUT2D eigenvalue weighted by molar-refractivity contribution is 0.00856. The zero-order valence-electron chi connectivity index (χ0n) is 14.4. The molecule has 2 unspecified atom stereocenters. The van der Waals surface area contributed by atoms with E-state index in [0.717, 1.165) is 37.8 Å². The minimum Gasteiger partial charge on any atom is -0.449 e. The number of aliphatic hydroxyl groups excluding tert-OH is 1. The first kappa shape index (κ1) is 17.6. The number of hydrogen-bond acceptors (Lipinski definition) is 6. The van der Waals surface area contributed by atoms with Crippen LogP contribution in [0.15, 0.2) is 18.5 Å². The average molecular weight is 348 g/mol. The van der Waals surface area contributed by atoms with E-state index in [1.165, 1.54) is 6.33 Å². The first-order valence-electron chi connectivity index (χ1n) is 8.75. The molecule has 1 saturated heterocycles. The Morgan fingerprint density at radius 2 is 2.32 bits per heavy atom. The normalized spacial score (nSPS) is 20.1. The quantitative estimate of drug-likeness (QED) is 0.747. The smallest absolute Gasteiger partial charge is 0.412 e. The van der Waals surface area contributed by atoms with Crippen molar-refractivity contribution in [2.24, 2.45) is 0 Å². The highest BCUT2D eigenvalue weighted by atomic mass is 16.5. The summed E-state index contributed by atoms with van der Waals surface area (Å²) in [6, 6.07) is 3.75. The van der Waals surface area contributed by atoms with E-state index in [1.807, 2.05) is 12.1 Å². The number of anilines is 1. The minimum absolute atomic E-state index is 0.0193. The summed E-state index contributed by atoms with van der Waals surface area (Å²) in [4.78, 5) is 16.0. The molecule has 8 nitrogen and oxygen atoms in total. The summed E-state index contributed by atoms with van der Waals surface area (Å²) in [6.45, 7) is 2.51. The SMILES string of the molecule is CCCCCOC(=O)Nc1ncnn2c(C3CCC(CO)O3)ccc12. The molecule has 0 radical (unpaired) electrons. The molecule has 2 aromatic heterocycles. The van der Waals surface area contributed by atoms with Crippen molar-refractivity contribution >= 4 is 17.4 Å². The number of fused-ring (bicyclic) bond motifs is 1. The summed E-state index contributed by atoms with van der Waals surface area (Å²) in [5, 5.41) is 16.2. The van der Waals surface area contributed by atoms with Crippen LogP contribution < -0.4 is 5.32 Å². The molecule has 8 heteroatoms. The molecule has 136 valence electrons. The number of rotatable bonds is 7. The second kappa shape index (κ2) is 8.26. The van der Waals surface area contributed by atoms with Gasteiger partial charge in [0.1, 0.15) is 17.9 Å². The van der Waals surface area contributed by atoms with Gasteiger partial charge in [-0.3, -0.25) is 5.32 Å². The molecule has 1 aliphatic rings. The van der Waals surface area contributed by atoms with E-state index in [4.69, 9.17) is 9.47 Å². The van der Waals surface area contributed by atoms with Crippen LogP contribution in [0, 0.1) is 0 Å². The molecule has 2 N–H and O–H groups in total. The summed E-state index contributed by atoms with van der Waals surface area (Å²) in [6.07, 6.45) is 5.21. The Bertz CT molecular complexity index is 718. The van der Waals surface area contributed by atoms with Gasteiger partial charge < -0.3 is 14.6 Å². The van der Waals surface area contributed by atoms with E-state index in [9.17, 15) is 9.90 Å². The van der Waals surface area contributed by atoms with Gasteiger partial charge in [-0.05, 0) is 31.4 Å². The van der Waals surface area contributed by atoms with Crippen LogP contribution in [0.1, 0.15) is 50.8 Å². The number of carbonyl (C=O) groups is 1. The highest BCUT2D eigenvalue weighted by Crippen LogP contribution is 2.33. The predicted molar refractivity (Wildman–Crippen MR) is 91.4 cm³/mol. The number of ether oxygens (including phenoxy) is 2. The molecule has 2 atom stereocenters. The number of nitrogens with zero attached hydrogens (tertiary/aromatic N) is 3. The Balaban J connectivity index is 1.70. The molecule has 2 aromatic rings. The molecule has 1 amide bonds. The van der Waals surface area contributed by atoms with Crippen molar-refractivity contribution in [3.63, 3.8) is 0 Å². The summed E-state index contributed by atoms with van der Waals surface area (Å²) in [5.74, 6) is 0.401. The van der Waals surface area contributed by atoms with Crippen molar-refractivity contribution in [2.45, 2.75) is 51.2 Å². The van der Waals surface area contributed by atoms with Gasteiger partial charge in [0.2, 0.25) is 0 Å². The lowest BCUT2D eigenvalue weighted by atomic mass is 10.1. The van der Waals surface area contributed by atoms with Gasteiger partial charge in [0.05, 0.1) is 25.0 Å². The highest BCUT2D eigenvalue weighted by Gasteiger charge is 2.28. The third-order valence-electron chi connectivity index (χ3n) is 4.32. The molecule has 0 bridgehead atoms. The Morgan fingerprint density at radius 3 is 3.08 bits per heavy atom. The summed E-state index contributed by atoms with van der Waals surface area (Å²) < 4.78 is 12.7. The van der Waals surface area contributed by atoms with Crippen LogP contribution in [0.3, 0.4) is 0 Å². The Labute approximate surface area is 146 Å². The molecule has 0 aliphatic carbocycles. The third-order valence-corrected chi connectivity index (χ3v) is 4.32. The molecule has 3 heterocycles. The minimum atomic E-state index is -0.517. The van der Waals surface area contributed by atoms with Gasteiger partial charge in [-0.1, -0.05) is 19.8 Å². The van der Waals surface area contributed by atoms with E-state index in [1.54, 1.807) is 4.52 Å². The second-order valence-electron chi connectivity index (χ2n) is 6.14. The molecule has 0 saturated carbocycles. The second-order valence-corrected chi connectivity index (χ2v) is 6.14. The highest BCUT2D eigenvalue weighted by molar-refractivity contribution is 5.88. The summed E-state index contributed by atoms with van der Waals surface area (Å²) >= 11 is 0. The molecule has 1 aliphatic heterocycles. The van der Waals surface area contributed by atoms with Gasteiger partial charge in [0.15, 0.2) is 5.82 Å². The van der Waals surface area contributed by atoms with Crippen LogP contribution in [0.5, 0.6) is 0 Å². The first-order chi connectivity index (χ1) is 12.2. The number of nitrogens with one attached hydrogen (secondary N) is 1. The summed E-state index contributed by atoms with van der Waals surface area (Å²) in [5.41, 5.74) is 1.56. The van der Waals surface area contributed by atoms with E-state index in [-0.39, 0.29) is 18.8 Å². The van der Waals surface area contributed by atoms with Crippen LogP contribution in [0.4, 0.5) is 10.6 Å². The van der Waals surface area contributed by atoms with E-state index >= 15 is 0 Å². The largest absolute Gasteiger partial charge is 0.449 e. The lowest BCUT2D eigenvalue weighted by Crippen LogP contribution is -2.17. The average Bonchev–Trinajstić information content (AvgIpc) is 3.25. The maximum absolute atomic E-state index is 11.9. The standard InChI is InChI=1S/C17H24N4O4/c1-2-3-4-9-24-17(23)20-16-14-7-6-13(21(14)19-11-18-16)15-8-5-12(10-22)25-15/h6-7,11-12,15,22H,2-5,8-10H2,1H3,(H,18,19,20,23). The number of amides is 1. The number of unbranched alkanes of at least 4 members (excludes halogenated alkanes) is 2. The number of aromatic nitrogens is 3. The Morgan fingerprint density at radius 1 is 1.44 bits per heavy atom. The molecule has 1 fully saturated rings. The van der Waals surface area contributed by atoms with Gasteiger partial charge in [-0.15, -0.1) is 0 Å². The van der Waals surface area contributed by atoms with Gasteiger partial charge in [-0.25, -0.2) is 14.3 Å². The number of hydrogen-bond donors (Lipinski definition) is 2. The van der Waals surface area contributed by atoms with Gasteiger partial charge >= 0.3 is 6.09 Å². The van der Waals surface area contributed by atoms with Gasteiger partial charge in [0.25, 0.3) is 0 Å². The maximum Gasteiger partial charge on any atom is 0.412 e. The monoisotopic (exact) mass is 348 g/mol. The van der Waals surface area contributed by atoms with Gasteiger partial charge in [-0.2, -0.15) is 5.10 Å². The fourth-order valence-corrected chi connectivity index (χ4v) is 3.00. The van der Waals surface area contributed by atoms with E-state index < -0.39 is 6.09 Å². The van der Waals surface area contributed by atoms with Gasteiger partial charge in [0, 0.05) is 0 Å². The fourth-order valence-electron chi connectivity index (χ4n) is 3.00. The van der Waals surface area contributed by atoms with E-state index in [0.29, 0.717) is 17.9 Å². The van der Waals surface area contributed by atoms with Crippen molar-refractivity contribution in [3.05, 3.63) is 24.2 Å². The third kappa shape index (κ3) is 4.08. The van der Waals surface area contributed by atoms with Crippen molar-refractivity contribution in [3.8, 4) is 0 Å². The van der Waals surface area contributed by atoms with Crippen LogP contribution in [-0.2, 0) is 9.47 Å². The van der Waals surface area contributed by atoms with Crippen molar-refractivity contribution in [1.29, 1.82) is 0 Å². The maximum atomic E-state index is 11.9. The summed E-state index contributed by atoms with van der Waals surface area (Å²) in [7, 11) is 0.